The van der Waals surface area contributed by atoms with E-state index in [-0.39, 0.29) is 0 Å². The zero-order valence-electron chi connectivity index (χ0n) is 8.32. The summed E-state index contributed by atoms with van der Waals surface area (Å²) < 4.78 is 18.6. The summed E-state index contributed by atoms with van der Waals surface area (Å²) in [5.41, 5.74) is -0.698. The summed E-state index contributed by atoms with van der Waals surface area (Å²) in [4.78, 5) is 0. The zero-order chi connectivity index (χ0) is 9.61. The van der Waals surface area contributed by atoms with Crippen LogP contribution in [0.1, 0.15) is 33.6 Å². The van der Waals surface area contributed by atoms with E-state index in [1.54, 1.807) is 13.8 Å². The molecule has 1 nitrogen and oxygen atoms in total. The van der Waals surface area contributed by atoms with Crippen LogP contribution in [-0.4, -0.2) is 18.9 Å². The quantitative estimate of drug-likeness (QED) is 0.444. The summed E-state index contributed by atoms with van der Waals surface area (Å²) in [6.07, 6.45) is 1.39. The molecule has 0 aliphatic heterocycles. The number of hydrogen-bond acceptors (Lipinski definition) is 1. The molecular formula is C10H19FO. The molecule has 0 fully saturated rings. The van der Waals surface area contributed by atoms with Gasteiger partial charge in [0.1, 0.15) is 5.67 Å². The Morgan fingerprint density at radius 1 is 1.50 bits per heavy atom. The van der Waals surface area contributed by atoms with Crippen molar-refractivity contribution in [3.63, 3.8) is 0 Å². The third-order valence-electron chi connectivity index (χ3n) is 1.95. The van der Waals surface area contributed by atoms with E-state index < -0.39 is 5.67 Å². The number of rotatable bonds is 6. The molecule has 0 N–H and O–H groups in total. The minimum atomic E-state index is -1.27. The van der Waals surface area contributed by atoms with Gasteiger partial charge in [0.25, 0.3) is 0 Å². The normalized spacial score (nSPS) is 15.7. The molecule has 0 rings (SSSR count). The molecule has 0 aliphatic carbocycles. The molecule has 0 saturated carbocycles. The summed E-state index contributed by atoms with van der Waals surface area (Å²) in [7, 11) is 0. The highest BCUT2D eigenvalue weighted by atomic mass is 19.1. The Labute approximate surface area is 74.6 Å². The van der Waals surface area contributed by atoms with E-state index in [1.165, 1.54) is 0 Å². The van der Waals surface area contributed by atoms with Crippen LogP contribution in [0.4, 0.5) is 4.39 Å². The fraction of sp³-hybridized carbons (Fsp3) is 0.800. The first-order chi connectivity index (χ1) is 5.50. The van der Waals surface area contributed by atoms with Crippen molar-refractivity contribution in [2.24, 2.45) is 0 Å². The topological polar surface area (TPSA) is 9.23 Å². The summed E-state index contributed by atoms with van der Waals surface area (Å²) in [5.74, 6) is 0. The first-order valence-corrected chi connectivity index (χ1v) is 4.43. The molecule has 72 valence electrons. The van der Waals surface area contributed by atoms with Crippen LogP contribution < -0.4 is 0 Å². The summed E-state index contributed by atoms with van der Waals surface area (Å²) in [5, 5.41) is 0. The number of hydrogen-bond donors (Lipinski definition) is 0. The van der Waals surface area contributed by atoms with Crippen molar-refractivity contribution in [3.8, 4) is 0 Å². The van der Waals surface area contributed by atoms with Gasteiger partial charge < -0.3 is 4.74 Å². The zero-order valence-corrected chi connectivity index (χ0v) is 8.32. The second-order valence-corrected chi connectivity index (χ2v) is 3.34. The third-order valence-corrected chi connectivity index (χ3v) is 1.95. The number of ether oxygens (including phenoxy) is 1. The monoisotopic (exact) mass is 174 g/mol. The minimum Gasteiger partial charge on any atom is -0.381 e. The van der Waals surface area contributed by atoms with Gasteiger partial charge in [0, 0.05) is 19.6 Å². The highest BCUT2D eigenvalue weighted by Gasteiger charge is 2.23. The molecule has 0 aromatic heterocycles. The van der Waals surface area contributed by atoms with E-state index in [4.69, 9.17) is 4.74 Å². The van der Waals surface area contributed by atoms with Crippen LogP contribution in [0.2, 0.25) is 0 Å². The van der Waals surface area contributed by atoms with Crippen LogP contribution >= 0.6 is 0 Å². The van der Waals surface area contributed by atoms with Crippen molar-refractivity contribution in [2.45, 2.75) is 39.3 Å². The maximum Gasteiger partial charge on any atom is 0.130 e. The van der Waals surface area contributed by atoms with Crippen molar-refractivity contribution in [3.05, 3.63) is 12.2 Å². The molecule has 12 heavy (non-hydrogen) atoms. The molecule has 0 aliphatic rings. The molecule has 1 atom stereocenters. The second kappa shape index (κ2) is 5.31. The Morgan fingerprint density at radius 3 is 2.50 bits per heavy atom. The summed E-state index contributed by atoms with van der Waals surface area (Å²) >= 11 is 0. The van der Waals surface area contributed by atoms with Crippen LogP contribution in [0.15, 0.2) is 12.2 Å². The molecule has 0 spiro atoms. The fourth-order valence-corrected chi connectivity index (χ4v) is 0.724. The highest BCUT2D eigenvalue weighted by Crippen LogP contribution is 2.23. The van der Waals surface area contributed by atoms with Gasteiger partial charge in [-0.15, -0.1) is 0 Å². The molecule has 0 aromatic rings. The van der Waals surface area contributed by atoms with Crippen molar-refractivity contribution < 1.29 is 9.13 Å². The van der Waals surface area contributed by atoms with Gasteiger partial charge in [0.15, 0.2) is 0 Å². The first kappa shape index (κ1) is 11.6. The van der Waals surface area contributed by atoms with E-state index >= 15 is 0 Å². The largest absolute Gasteiger partial charge is 0.381 e. The van der Waals surface area contributed by atoms with Crippen LogP contribution in [0, 0.1) is 0 Å². The van der Waals surface area contributed by atoms with Gasteiger partial charge in [0.05, 0.1) is 0 Å². The molecule has 0 saturated heterocycles. The smallest absolute Gasteiger partial charge is 0.130 e. The molecule has 0 amide bonds. The maximum atomic E-state index is 13.5. The average Bonchev–Trinajstić information content (AvgIpc) is 1.98. The van der Waals surface area contributed by atoms with Crippen molar-refractivity contribution in [1.82, 2.24) is 0 Å². The van der Waals surface area contributed by atoms with Gasteiger partial charge in [-0.1, -0.05) is 13.5 Å². The number of halogens is 1. The van der Waals surface area contributed by atoms with Crippen molar-refractivity contribution in [1.29, 1.82) is 0 Å². The average molecular weight is 174 g/mol. The molecular weight excluding hydrogens is 155 g/mol. The van der Waals surface area contributed by atoms with Crippen LogP contribution in [-0.2, 0) is 4.74 Å². The second-order valence-electron chi connectivity index (χ2n) is 3.34. The molecule has 2 heteroatoms. The fourth-order valence-electron chi connectivity index (χ4n) is 0.724. The predicted octanol–water partition coefficient (Wildman–Crippen LogP) is 3.11. The van der Waals surface area contributed by atoms with Crippen LogP contribution in [0.5, 0.6) is 0 Å². The van der Waals surface area contributed by atoms with Crippen LogP contribution in [0.3, 0.4) is 0 Å². The van der Waals surface area contributed by atoms with Gasteiger partial charge in [-0.2, -0.15) is 0 Å². The highest BCUT2D eigenvalue weighted by molar-refractivity contribution is 5.06. The molecule has 0 aromatic carbocycles. The maximum absolute atomic E-state index is 13.5. The van der Waals surface area contributed by atoms with Crippen molar-refractivity contribution >= 4 is 0 Å². The van der Waals surface area contributed by atoms with E-state index in [2.05, 4.69) is 6.58 Å². The van der Waals surface area contributed by atoms with Crippen LogP contribution in [0.25, 0.3) is 0 Å². The lowest BCUT2D eigenvalue weighted by Gasteiger charge is -2.20. The summed E-state index contributed by atoms with van der Waals surface area (Å²) in [6.45, 7) is 10.1. The molecule has 0 radical (unpaired) electrons. The van der Waals surface area contributed by atoms with Gasteiger partial charge in [-0.05, 0) is 25.8 Å². The van der Waals surface area contributed by atoms with Gasteiger partial charge in [0.2, 0.25) is 0 Å². The van der Waals surface area contributed by atoms with E-state index in [9.17, 15) is 4.39 Å². The molecule has 0 heterocycles. The van der Waals surface area contributed by atoms with Gasteiger partial charge in [-0.25, -0.2) is 4.39 Å². The number of alkyl halides is 1. The molecule has 1 unspecified atom stereocenters. The van der Waals surface area contributed by atoms with Gasteiger partial charge in [-0.3, -0.25) is 0 Å². The Hall–Kier alpha value is -0.370. The SMILES string of the molecule is C=C(C)C(C)(F)CCOCCC. The predicted molar refractivity (Wildman–Crippen MR) is 50.1 cm³/mol. The van der Waals surface area contributed by atoms with Crippen molar-refractivity contribution in [2.75, 3.05) is 13.2 Å². The lowest BCUT2D eigenvalue weighted by atomic mass is 9.97. The lowest BCUT2D eigenvalue weighted by Crippen LogP contribution is -2.21. The first-order valence-electron chi connectivity index (χ1n) is 4.43. The Morgan fingerprint density at radius 2 is 2.08 bits per heavy atom. The minimum absolute atomic E-state index is 0.405. The van der Waals surface area contributed by atoms with Gasteiger partial charge >= 0.3 is 0 Å². The van der Waals surface area contributed by atoms with E-state index in [0.29, 0.717) is 25.2 Å². The van der Waals surface area contributed by atoms with E-state index in [1.807, 2.05) is 6.92 Å². The Kier molecular flexibility index (Phi) is 5.14. The number of allylic oxidation sites excluding steroid dienone is 1. The Balaban J connectivity index is 3.54. The standard InChI is InChI=1S/C10H19FO/c1-5-7-12-8-6-10(4,11)9(2)3/h2,5-8H2,1,3-4H3. The van der Waals surface area contributed by atoms with E-state index in [0.717, 1.165) is 6.42 Å². The lowest BCUT2D eigenvalue weighted by molar-refractivity contribution is 0.0928. The third kappa shape index (κ3) is 4.50. The molecule has 0 bridgehead atoms. The summed E-state index contributed by atoms with van der Waals surface area (Å²) in [6, 6.07) is 0. The Bertz CT molecular complexity index is 141.